The number of hydrogen-bond donors (Lipinski definition) is 0. The first-order valence-electron chi connectivity index (χ1n) is 3.56. The van der Waals surface area contributed by atoms with Crippen molar-refractivity contribution in [2.45, 2.75) is 25.0 Å². The molecule has 2 nitrogen and oxygen atoms in total. The molecule has 0 amide bonds. The molecule has 1 saturated carbocycles. The van der Waals surface area contributed by atoms with Crippen molar-refractivity contribution in [2.24, 2.45) is 5.92 Å². The Bertz CT molecular complexity index is 111. The molecule has 1 aliphatic carbocycles. The van der Waals surface area contributed by atoms with Crippen LogP contribution in [0.4, 0.5) is 0 Å². The fourth-order valence-corrected chi connectivity index (χ4v) is 1.71. The van der Waals surface area contributed by atoms with Crippen LogP contribution < -0.4 is 0 Å². The van der Waals surface area contributed by atoms with Crippen molar-refractivity contribution in [3.8, 4) is 0 Å². The van der Waals surface area contributed by atoms with Gasteiger partial charge in [0.2, 0.25) is 0 Å². The van der Waals surface area contributed by atoms with Crippen LogP contribution in [0.1, 0.15) is 12.8 Å². The van der Waals surface area contributed by atoms with Gasteiger partial charge in [0.15, 0.2) is 0 Å². The van der Waals surface area contributed by atoms with Gasteiger partial charge >= 0.3 is 0 Å². The maximum absolute atomic E-state index is 5.43. The molecule has 0 radical (unpaired) electrons. The van der Waals surface area contributed by atoms with Gasteiger partial charge in [-0.3, -0.25) is 0 Å². The summed E-state index contributed by atoms with van der Waals surface area (Å²) >= 11 is 0. The summed E-state index contributed by atoms with van der Waals surface area (Å²) in [6.45, 7) is 0.825. The van der Waals surface area contributed by atoms with E-state index in [9.17, 15) is 0 Å². The van der Waals surface area contributed by atoms with Crippen LogP contribution in [-0.2, 0) is 9.47 Å². The first-order valence-corrected chi connectivity index (χ1v) is 3.56. The molecule has 0 N–H and O–H groups in total. The van der Waals surface area contributed by atoms with E-state index in [2.05, 4.69) is 0 Å². The molecule has 1 heterocycles. The maximum Gasteiger partial charge on any atom is 0.0857 e. The zero-order chi connectivity index (χ0) is 6.27. The van der Waals surface area contributed by atoms with E-state index in [1.165, 1.54) is 12.8 Å². The third-order valence-corrected chi connectivity index (χ3v) is 2.52. The molecule has 1 aliphatic heterocycles. The Balaban J connectivity index is 1.97. The number of methoxy groups -OCH3 is 1. The second kappa shape index (κ2) is 1.96. The lowest BCUT2D eigenvalue weighted by molar-refractivity contribution is 0.0252. The summed E-state index contributed by atoms with van der Waals surface area (Å²) in [6.07, 6.45) is 3.52. The van der Waals surface area contributed by atoms with Crippen LogP contribution in [0.5, 0.6) is 0 Å². The molecule has 52 valence electrons. The molecule has 2 fully saturated rings. The maximum atomic E-state index is 5.43. The van der Waals surface area contributed by atoms with Gasteiger partial charge in [0.1, 0.15) is 0 Å². The van der Waals surface area contributed by atoms with Crippen LogP contribution in [0.25, 0.3) is 0 Å². The predicted octanol–water partition coefficient (Wildman–Crippen LogP) is 0.810. The minimum atomic E-state index is 0.406. The Kier molecular flexibility index (Phi) is 1.24. The lowest BCUT2D eigenvalue weighted by Crippen LogP contribution is -2.34. The van der Waals surface area contributed by atoms with Crippen molar-refractivity contribution in [3.05, 3.63) is 0 Å². The summed E-state index contributed by atoms with van der Waals surface area (Å²) in [5.41, 5.74) is 0. The lowest BCUT2D eigenvalue weighted by Gasteiger charge is -2.30. The van der Waals surface area contributed by atoms with Gasteiger partial charge in [-0.25, -0.2) is 0 Å². The third kappa shape index (κ3) is 0.700. The smallest absolute Gasteiger partial charge is 0.0857 e. The lowest BCUT2D eigenvalue weighted by atomic mass is 9.80. The first-order chi connectivity index (χ1) is 4.42. The number of ether oxygens (including phenoxy) is 2. The highest BCUT2D eigenvalue weighted by Gasteiger charge is 2.43. The second-order valence-electron chi connectivity index (χ2n) is 2.89. The van der Waals surface area contributed by atoms with E-state index in [-0.39, 0.29) is 0 Å². The zero-order valence-electron chi connectivity index (χ0n) is 5.67. The molecule has 1 saturated heterocycles. The van der Waals surface area contributed by atoms with E-state index in [0.29, 0.717) is 12.2 Å². The number of fused-ring (bicyclic) bond motifs is 1. The fraction of sp³-hybridized carbons (Fsp3) is 1.00. The quantitative estimate of drug-likeness (QED) is 0.520. The normalized spacial score (nSPS) is 48.3. The second-order valence-corrected chi connectivity index (χ2v) is 2.89. The minimum Gasteiger partial charge on any atom is -0.379 e. The summed E-state index contributed by atoms with van der Waals surface area (Å²) in [4.78, 5) is 0. The molecule has 2 rings (SSSR count). The van der Waals surface area contributed by atoms with Crippen molar-refractivity contribution in [1.82, 2.24) is 0 Å². The number of hydrogen-bond acceptors (Lipinski definition) is 2. The van der Waals surface area contributed by atoms with Crippen LogP contribution in [0.2, 0.25) is 0 Å². The van der Waals surface area contributed by atoms with Gasteiger partial charge in [-0.15, -0.1) is 0 Å². The van der Waals surface area contributed by atoms with Gasteiger partial charge in [0.05, 0.1) is 18.8 Å². The van der Waals surface area contributed by atoms with Crippen molar-refractivity contribution in [1.29, 1.82) is 0 Å². The van der Waals surface area contributed by atoms with Gasteiger partial charge in [0, 0.05) is 13.0 Å². The van der Waals surface area contributed by atoms with E-state index in [4.69, 9.17) is 9.47 Å². The molecule has 0 bridgehead atoms. The van der Waals surface area contributed by atoms with Crippen molar-refractivity contribution in [3.63, 3.8) is 0 Å². The van der Waals surface area contributed by atoms with Crippen molar-refractivity contribution >= 4 is 0 Å². The van der Waals surface area contributed by atoms with E-state index in [1.54, 1.807) is 7.11 Å². The van der Waals surface area contributed by atoms with Crippen LogP contribution in [0, 0.1) is 5.92 Å². The highest BCUT2D eigenvalue weighted by Crippen LogP contribution is 2.39. The molecule has 2 aliphatic rings. The third-order valence-electron chi connectivity index (χ3n) is 2.52. The highest BCUT2D eigenvalue weighted by molar-refractivity contribution is 4.92. The first kappa shape index (κ1) is 5.69. The van der Waals surface area contributed by atoms with Gasteiger partial charge in [-0.2, -0.15) is 0 Å². The van der Waals surface area contributed by atoms with Crippen LogP contribution in [-0.4, -0.2) is 25.9 Å². The average molecular weight is 128 g/mol. The Morgan fingerprint density at radius 1 is 1.44 bits per heavy atom. The molecule has 0 aromatic carbocycles. The molecule has 9 heavy (non-hydrogen) atoms. The molecule has 3 atom stereocenters. The summed E-state index contributed by atoms with van der Waals surface area (Å²) < 4.78 is 10.7. The van der Waals surface area contributed by atoms with Gasteiger partial charge in [0.25, 0.3) is 0 Å². The Hall–Kier alpha value is -0.0800. The highest BCUT2D eigenvalue weighted by atomic mass is 16.5. The van der Waals surface area contributed by atoms with Crippen molar-refractivity contribution in [2.75, 3.05) is 13.7 Å². The summed E-state index contributed by atoms with van der Waals surface area (Å²) in [5, 5.41) is 0. The van der Waals surface area contributed by atoms with Crippen LogP contribution >= 0.6 is 0 Å². The summed E-state index contributed by atoms with van der Waals surface area (Å²) in [6, 6.07) is 0. The van der Waals surface area contributed by atoms with Crippen molar-refractivity contribution < 1.29 is 9.47 Å². The standard InChI is InChI=1S/C7H12O2/c1-8-7-4-9-6-3-2-5(6)7/h5-7H,2-4H2,1H3/t5?,6-,7?/m0/s1. The minimum absolute atomic E-state index is 0.406. The molecule has 0 aromatic heterocycles. The molecule has 0 spiro atoms. The predicted molar refractivity (Wildman–Crippen MR) is 33.3 cm³/mol. The van der Waals surface area contributed by atoms with E-state index in [0.717, 1.165) is 12.5 Å². The fourth-order valence-electron chi connectivity index (χ4n) is 1.71. The monoisotopic (exact) mass is 128 g/mol. The molecular formula is C7H12O2. The Labute approximate surface area is 55.1 Å². The zero-order valence-corrected chi connectivity index (χ0v) is 5.67. The van der Waals surface area contributed by atoms with E-state index < -0.39 is 0 Å². The Morgan fingerprint density at radius 2 is 2.33 bits per heavy atom. The summed E-state index contributed by atoms with van der Waals surface area (Å²) in [5.74, 6) is 0.731. The van der Waals surface area contributed by atoms with E-state index >= 15 is 0 Å². The van der Waals surface area contributed by atoms with Crippen LogP contribution in [0.3, 0.4) is 0 Å². The topological polar surface area (TPSA) is 18.5 Å². The molecular weight excluding hydrogens is 116 g/mol. The molecule has 0 aromatic rings. The average Bonchev–Trinajstić information content (AvgIpc) is 2.07. The summed E-state index contributed by atoms with van der Waals surface area (Å²) in [7, 11) is 1.77. The number of rotatable bonds is 1. The van der Waals surface area contributed by atoms with Gasteiger partial charge < -0.3 is 9.47 Å². The molecule has 2 heteroatoms. The SMILES string of the molecule is COC1CO[C@H]2CCC12. The van der Waals surface area contributed by atoms with E-state index in [1.807, 2.05) is 0 Å². The van der Waals surface area contributed by atoms with Gasteiger partial charge in [-0.05, 0) is 12.8 Å². The van der Waals surface area contributed by atoms with Gasteiger partial charge in [-0.1, -0.05) is 0 Å². The van der Waals surface area contributed by atoms with Crippen LogP contribution in [0.15, 0.2) is 0 Å². The largest absolute Gasteiger partial charge is 0.379 e. The Morgan fingerprint density at radius 3 is 2.67 bits per heavy atom. The molecule has 2 unspecified atom stereocenters.